The summed E-state index contributed by atoms with van der Waals surface area (Å²) < 4.78 is 5.40. The lowest BCUT2D eigenvalue weighted by molar-refractivity contribution is -0.110. The Balaban J connectivity index is 1.84. The third-order valence-corrected chi connectivity index (χ3v) is 4.74. The minimum atomic E-state index is -0.364. The molecule has 6 nitrogen and oxygen atoms in total. The third-order valence-electron chi connectivity index (χ3n) is 4.74. The number of hydrazone groups is 1. The van der Waals surface area contributed by atoms with E-state index in [1.807, 2.05) is 12.1 Å². The molecule has 0 saturated heterocycles. The number of methoxy groups -OCH3 is 1. The molecule has 2 aromatic carbocycles. The molecule has 146 valence electrons. The summed E-state index contributed by atoms with van der Waals surface area (Å²) in [5.41, 5.74) is 5.59. The van der Waals surface area contributed by atoms with Crippen molar-refractivity contribution in [3.63, 3.8) is 0 Å². The molecule has 0 radical (unpaired) electrons. The Morgan fingerprint density at radius 2 is 1.93 bits per heavy atom. The molecule has 28 heavy (non-hydrogen) atoms. The number of benzene rings is 2. The predicted octanol–water partition coefficient (Wildman–Crippen LogP) is 3.90. The van der Waals surface area contributed by atoms with Crippen molar-refractivity contribution < 1.29 is 14.3 Å². The monoisotopic (exact) mass is 379 g/mol. The summed E-state index contributed by atoms with van der Waals surface area (Å²) in [4.78, 5) is 24.7. The van der Waals surface area contributed by atoms with Gasteiger partial charge in [-0.3, -0.25) is 9.59 Å². The largest absolute Gasteiger partial charge is 0.497 e. The van der Waals surface area contributed by atoms with Crippen LogP contribution in [0.1, 0.15) is 54.1 Å². The van der Waals surface area contributed by atoms with Crippen LogP contribution in [-0.2, 0) is 11.2 Å². The van der Waals surface area contributed by atoms with E-state index in [1.54, 1.807) is 37.4 Å². The van der Waals surface area contributed by atoms with Crippen molar-refractivity contribution in [2.75, 3.05) is 12.4 Å². The molecular weight excluding hydrogens is 354 g/mol. The number of rotatable bonds is 8. The summed E-state index contributed by atoms with van der Waals surface area (Å²) in [6.45, 7) is 2.18. The third kappa shape index (κ3) is 4.39. The fourth-order valence-corrected chi connectivity index (χ4v) is 3.23. The minimum Gasteiger partial charge on any atom is -0.497 e. The summed E-state index contributed by atoms with van der Waals surface area (Å²) in [6, 6.07) is 12.5. The van der Waals surface area contributed by atoms with Gasteiger partial charge >= 0.3 is 0 Å². The number of anilines is 1. The van der Waals surface area contributed by atoms with Crippen LogP contribution in [0.5, 0.6) is 5.75 Å². The van der Waals surface area contributed by atoms with Crippen molar-refractivity contribution in [2.24, 2.45) is 5.10 Å². The number of ether oxygens (including phenoxy) is 1. The van der Waals surface area contributed by atoms with Crippen LogP contribution in [0.3, 0.4) is 0 Å². The molecule has 0 aromatic heterocycles. The fraction of sp³-hybridized carbons (Fsp3) is 0.318. The number of fused-ring (bicyclic) bond motifs is 1. The van der Waals surface area contributed by atoms with Crippen molar-refractivity contribution >= 4 is 23.2 Å². The Morgan fingerprint density at radius 3 is 2.64 bits per heavy atom. The summed E-state index contributed by atoms with van der Waals surface area (Å²) in [5.74, 6) is -0.0220. The summed E-state index contributed by atoms with van der Waals surface area (Å²) >= 11 is 0. The van der Waals surface area contributed by atoms with Crippen molar-refractivity contribution in [3.8, 4) is 5.75 Å². The molecule has 0 spiro atoms. The average Bonchev–Trinajstić information content (AvgIpc) is 3.05. The van der Waals surface area contributed by atoms with Gasteiger partial charge < -0.3 is 10.1 Å². The normalized spacial score (nSPS) is 13.9. The van der Waals surface area contributed by atoms with Gasteiger partial charge in [0.15, 0.2) is 5.71 Å². The van der Waals surface area contributed by atoms with E-state index >= 15 is 0 Å². The Kier molecular flexibility index (Phi) is 6.42. The van der Waals surface area contributed by atoms with Gasteiger partial charge in [0.25, 0.3) is 11.8 Å². The van der Waals surface area contributed by atoms with Gasteiger partial charge in [-0.05, 0) is 42.7 Å². The highest BCUT2D eigenvalue weighted by Crippen LogP contribution is 2.33. The molecule has 0 saturated carbocycles. The lowest BCUT2D eigenvalue weighted by Crippen LogP contribution is -2.23. The van der Waals surface area contributed by atoms with E-state index in [4.69, 9.17) is 4.74 Å². The maximum Gasteiger partial charge on any atom is 0.276 e. The van der Waals surface area contributed by atoms with Crippen molar-refractivity contribution in [3.05, 3.63) is 59.2 Å². The first kappa shape index (κ1) is 19.6. The zero-order chi connectivity index (χ0) is 19.9. The number of hydrogen-bond acceptors (Lipinski definition) is 4. The van der Waals surface area contributed by atoms with Crippen LogP contribution < -0.4 is 15.5 Å². The van der Waals surface area contributed by atoms with Crippen LogP contribution in [0.4, 0.5) is 5.69 Å². The molecule has 2 aromatic rings. The number of nitrogens with zero attached hydrogens (tertiary/aromatic N) is 1. The second kappa shape index (κ2) is 9.17. The molecule has 2 N–H and O–H groups in total. The number of amides is 2. The molecule has 1 aliphatic rings. The maximum atomic E-state index is 12.5. The van der Waals surface area contributed by atoms with Crippen molar-refractivity contribution in [2.45, 2.75) is 39.0 Å². The molecule has 0 bridgehead atoms. The van der Waals surface area contributed by atoms with Crippen LogP contribution in [0.2, 0.25) is 0 Å². The predicted molar refractivity (Wildman–Crippen MR) is 110 cm³/mol. The molecule has 6 heteroatoms. The van der Waals surface area contributed by atoms with E-state index in [2.05, 4.69) is 22.8 Å². The number of aryl methyl sites for hydroxylation is 1. The van der Waals surface area contributed by atoms with Gasteiger partial charge in [0.05, 0.1) is 12.8 Å². The number of unbranched alkanes of at least 4 members (excludes halogenated alkanes) is 3. The first-order chi connectivity index (χ1) is 13.6. The van der Waals surface area contributed by atoms with Crippen LogP contribution in [0.15, 0.2) is 47.6 Å². The molecule has 2 amide bonds. The van der Waals surface area contributed by atoms with E-state index in [0.29, 0.717) is 16.9 Å². The standard InChI is InChI=1S/C22H25N3O3/c1-3-4-5-7-12-16-13-17(28-2)14-18-19(16)23-22(27)20(18)24-25-21(26)15-10-8-6-9-11-15/h6,8-11,13-14H,3-5,7,12H2,1-2H3,(H,25,26)(H,23,24,27). The van der Waals surface area contributed by atoms with E-state index in [0.717, 1.165) is 30.5 Å². The van der Waals surface area contributed by atoms with Gasteiger partial charge in [0.1, 0.15) is 5.75 Å². The van der Waals surface area contributed by atoms with Gasteiger partial charge in [0.2, 0.25) is 0 Å². The molecule has 3 rings (SSSR count). The first-order valence-electron chi connectivity index (χ1n) is 9.59. The fourth-order valence-electron chi connectivity index (χ4n) is 3.23. The highest BCUT2D eigenvalue weighted by Gasteiger charge is 2.29. The van der Waals surface area contributed by atoms with Crippen LogP contribution >= 0.6 is 0 Å². The lowest BCUT2D eigenvalue weighted by Gasteiger charge is -2.10. The van der Waals surface area contributed by atoms with Crippen LogP contribution in [-0.4, -0.2) is 24.6 Å². The molecule has 1 aliphatic heterocycles. The quantitative estimate of drug-likeness (QED) is 0.539. The molecule has 0 unspecified atom stereocenters. The SMILES string of the molecule is CCCCCCc1cc(OC)cc2c1NC(=O)/C2=N\NC(=O)c1ccccc1. The van der Waals surface area contributed by atoms with Gasteiger partial charge in [-0.1, -0.05) is 44.4 Å². The summed E-state index contributed by atoms with van der Waals surface area (Å²) in [7, 11) is 1.60. The van der Waals surface area contributed by atoms with Crippen molar-refractivity contribution in [1.82, 2.24) is 5.43 Å². The summed E-state index contributed by atoms with van der Waals surface area (Å²) in [6.07, 6.45) is 5.40. The summed E-state index contributed by atoms with van der Waals surface area (Å²) in [5, 5.41) is 6.99. The first-order valence-corrected chi connectivity index (χ1v) is 9.59. The van der Waals surface area contributed by atoms with E-state index in [1.165, 1.54) is 12.8 Å². The molecule has 0 aliphatic carbocycles. The average molecular weight is 379 g/mol. The number of carbonyl (C=O) groups is 2. The van der Waals surface area contributed by atoms with Gasteiger partial charge in [0, 0.05) is 11.1 Å². The van der Waals surface area contributed by atoms with Crippen molar-refractivity contribution in [1.29, 1.82) is 0 Å². The topological polar surface area (TPSA) is 79.8 Å². The number of carbonyl (C=O) groups excluding carboxylic acids is 2. The van der Waals surface area contributed by atoms with E-state index < -0.39 is 0 Å². The Labute approximate surface area is 165 Å². The van der Waals surface area contributed by atoms with Gasteiger partial charge in [-0.25, -0.2) is 5.43 Å². The Bertz CT molecular complexity index is 891. The molecule has 0 fully saturated rings. The second-order valence-electron chi connectivity index (χ2n) is 6.74. The highest BCUT2D eigenvalue weighted by atomic mass is 16.5. The molecule has 1 heterocycles. The van der Waals surface area contributed by atoms with Gasteiger partial charge in [-0.2, -0.15) is 5.10 Å². The zero-order valence-corrected chi connectivity index (χ0v) is 16.2. The zero-order valence-electron chi connectivity index (χ0n) is 16.2. The smallest absolute Gasteiger partial charge is 0.276 e. The van der Waals surface area contributed by atoms with Crippen LogP contribution in [0, 0.1) is 0 Å². The second-order valence-corrected chi connectivity index (χ2v) is 6.74. The number of nitrogens with one attached hydrogen (secondary N) is 2. The maximum absolute atomic E-state index is 12.5. The van der Waals surface area contributed by atoms with Crippen LogP contribution in [0.25, 0.3) is 0 Å². The number of hydrogen-bond donors (Lipinski definition) is 2. The van der Waals surface area contributed by atoms with E-state index in [9.17, 15) is 9.59 Å². The van der Waals surface area contributed by atoms with E-state index in [-0.39, 0.29) is 17.5 Å². The Morgan fingerprint density at radius 1 is 1.14 bits per heavy atom. The lowest BCUT2D eigenvalue weighted by atomic mass is 10.0. The molecule has 0 atom stereocenters. The highest BCUT2D eigenvalue weighted by molar-refractivity contribution is 6.54. The molecular formula is C22H25N3O3. The Hall–Kier alpha value is -3.15. The minimum absolute atomic E-state index is 0.188. The van der Waals surface area contributed by atoms with Gasteiger partial charge in [-0.15, -0.1) is 0 Å².